The van der Waals surface area contributed by atoms with Crippen LogP contribution in [0.3, 0.4) is 0 Å². The lowest BCUT2D eigenvalue weighted by atomic mass is 9.94. The number of ether oxygens (including phenoxy) is 1. The number of halogens is 3. The monoisotopic (exact) mass is 541 g/mol. The third-order valence-corrected chi connectivity index (χ3v) is 10.5. The van der Waals surface area contributed by atoms with Crippen LogP contribution in [-0.2, 0) is 40.4 Å². The summed E-state index contributed by atoms with van der Waals surface area (Å²) in [6.45, 7) is 1.26. The molecule has 2 atom stereocenters. The quantitative estimate of drug-likeness (QED) is 0.566. The van der Waals surface area contributed by atoms with E-state index in [-0.39, 0.29) is 34.9 Å². The molecular formula is C20H22F3NO7S3. The van der Waals surface area contributed by atoms with Crippen molar-refractivity contribution in [2.75, 3.05) is 19.1 Å². The fourth-order valence-electron chi connectivity index (χ4n) is 3.70. The van der Waals surface area contributed by atoms with Crippen LogP contribution >= 0.6 is 0 Å². The van der Waals surface area contributed by atoms with Gasteiger partial charge in [-0.25, -0.2) is 25.3 Å². The number of hydrogen-bond donors (Lipinski definition) is 0. The van der Waals surface area contributed by atoms with Crippen molar-refractivity contribution >= 4 is 29.5 Å². The number of nitrogens with zero attached hydrogens (tertiary/aromatic N) is 1. The maximum atomic E-state index is 13.5. The number of hydrogen-bond acceptors (Lipinski definition) is 8. The number of pyridine rings is 1. The first-order valence-electron chi connectivity index (χ1n) is 9.80. The number of benzene rings is 1. The van der Waals surface area contributed by atoms with Crippen molar-refractivity contribution in [3.05, 3.63) is 47.8 Å². The first kappa shape index (κ1) is 26.6. The van der Waals surface area contributed by atoms with E-state index in [0.717, 1.165) is 18.6 Å². The van der Waals surface area contributed by atoms with Gasteiger partial charge in [0.1, 0.15) is 6.10 Å². The Balaban J connectivity index is 2.07. The topological polar surface area (TPSA) is 125 Å². The Labute approximate surface area is 195 Å². The Morgan fingerprint density at radius 3 is 2.18 bits per heavy atom. The van der Waals surface area contributed by atoms with Crippen molar-refractivity contribution in [2.24, 2.45) is 0 Å². The van der Waals surface area contributed by atoms with E-state index in [1.54, 1.807) is 0 Å². The molecule has 1 aliphatic heterocycles. The molecule has 34 heavy (non-hydrogen) atoms. The largest absolute Gasteiger partial charge is 0.417 e. The van der Waals surface area contributed by atoms with Crippen LogP contribution in [0.2, 0.25) is 0 Å². The fourth-order valence-corrected chi connectivity index (χ4v) is 7.17. The summed E-state index contributed by atoms with van der Waals surface area (Å²) in [5.74, 6) is 0. The molecule has 2 unspecified atom stereocenters. The third-order valence-electron chi connectivity index (χ3n) is 5.67. The molecule has 8 nitrogen and oxygen atoms in total. The molecule has 14 heteroatoms. The van der Waals surface area contributed by atoms with Gasteiger partial charge in [-0.05, 0) is 44.0 Å². The van der Waals surface area contributed by atoms with Crippen molar-refractivity contribution in [3.8, 4) is 0 Å². The van der Waals surface area contributed by atoms with Crippen LogP contribution in [0, 0.1) is 0 Å². The summed E-state index contributed by atoms with van der Waals surface area (Å²) < 4.78 is 119. The van der Waals surface area contributed by atoms with Gasteiger partial charge in [-0.2, -0.15) is 13.2 Å². The van der Waals surface area contributed by atoms with Crippen molar-refractivity contribution in [1.82, 2.24) is 4.98 Å². The van der Waals surface area contributed by atoms with Crippen LogP contribution in [0.5, 0.6) is 0 Å². The summed E-state index contributed by atoms with van der Waals surface area (Å²) in [5, 5.41) is 0. The van der Waals surface area contributed by atoms with E-state index in [0.29, 0.717) is 12.3 Å². The minimum Gasteiger partial charge on any atom is -0.372 e. The molecule has 0 radical (unpaired) electrons. The Hall–Kier alpha value is -2.03. The highest BCUT2D eigenvalue weighted by atomic mass is 32.2. The second kappa shape index (κ2) is 8.57. The number of aromatic nitrogens is 1. The Kier molecular flexibility index (Phi) is 6.70. The molecule has 1 aromatic carbocycles. The van der Waals surface area contributed by atoms with Gasteiger partial charge < -0.3 is 4.74 Å². The standard InChI is InChI=1S/C20H22F3NO7S3/c1-19(34(29,30)15-6-4-5-14(10-15)32(2,25)26)7-8-31-16(11-19)18-17(33(3,27)28)9-13(12-24-18)20(21,22)23/h4-6,9-10,12,16H,7-8,11H2,1-3H3. The average Bonchev–Trinajstić information content (AvgIpc) is 2.71. The highest BCUT2D eigenvalue weighted by molar-refractivity contribution is 7.93. The third kappa shape index (κ3) is 5.14. The summed E-state index contributed by atoms with van der Waals surface area (Å²) in [4.78, 5) is 2.56. The van der Waals surface area contributed by atoms with Crippen molar-refractivity contribution in [1.29, 1.82) is 0 Å². The van der Waals surface area contributed by atoms with Gasteiger partial charge in [0.25, 0.3) is 0 Å². The molecule has 1 aromatic heterocycles. The van der Waals surface area contributed by atoms with Crippen LogP contribution in [0.4, 0.5) is 13.2 Å². The maximum absolute atomic E-state index is 13.5. The van der Waals surface area contributed by atoms with Crippen LogP contribution < -0.4 is 0 Å². The van der Waals surface area contributed by atoms with Gasteiger partial charge in [0.15, 0.2) is 29.5 Å². The lowest BCUT2D eigenvalue weighted by molar-refractivity contribution is -0.138. The van der Waals surface area contributed by atoms with Gasteiger partial charge in [0.2, 0.25) is 0 Å². The zero-order valence-electron chi connectivity index (χ0n) is 18.3. The Bertz CT molecular complexity index is 1440. The van der Waals surface area contributed by atoms with Crippen molar-refractivity contribution in [3.63, 3.8) is 0 Å². The normalized spacial score (nSPS) is 22.5. The second-order valence-electron chi connectivity index (χ2n) is 8.39. The number of rotatable bonds is 5. The molecule has 0 aliphatic carbocycles. The Morgan fingerprint density at radius 1 is 1.00 bits per heavy atom. The highest BCUT2D eigenvalue weighted by Crippen LogP contribution is 2.43. The zero-order chi connectivity index (χ0) is 25.7. The molecule has 0 saturated carbocycles. The smallest absolute Gasteiger partial charge is 0.372 e. The summed E-state index contributed by atoms with van der Waals surface area (Å²) in [7, 11) is -12.0. The molecule has 0 spiro atoms. The predicted molar refractivity (Wildman–Crippen MR) is 115 cm³/mol. The highest BCUT2D eigenvalue weighted by Gasteiger charge is 2.46. The van der Waals surface area contributed by atoms with Crippen molar-refractivity contribution < 1.29 is 43.2 Å². The minimum atomic E-state index is -4.83. The van der Waals surface area contributed by atoms with Crippen LogP contribution in [0.1, 0.15) is 37.1 Å². The molecule has 0 bridgehead atoms. The van der Waals surface area contributed by atoms with E-state index in [4.69, 9.17) is 4.74 Å². The molecular weight excluding hydrogens is 519 g/mol. The van der Waals surface area contributed by atoms with Crippen LogP contribution in [0.15, 0.2) is 51.2 Å². The lowest BCUT2D eigenvalue weighted by Crippen LogP contribution is -2.42. The molecule has 2 heterocycles. The van der Waals surface area contributed by atoms with Gasteiger partial charge >= 0.3 is 6.18 Å². The minimum absolute atomic E-state index is 0.0101. The van der Waals surface area contributed by atoms with Crippen molar-refractivity contribution in [2.45, 2.75) is 51.5 Å². The van der Waals surface area contributed by atoms with E-state index in [9.17, 15) is 38.4 Å². The van der Waals surface area contributed by atoms with Gasteiger partial charge in [-0.3, -0.25) is 4.98 Å². The molecule has 3 rings (SSSR count). The van der Waals surface area contributed by atoms with Gasteiger partial charge in [-0.1, -0.05) is 6.07 Å². The lowest BCUT2D eigenvalue weighted by Gasteiger charge is -2.37. The van der Waals surface area contributed by atoms with Gasteiger partial charge in [-0.15, -0.1) is 0 Å². The molecule has 2 aromatic rings. The van der Waals surface area contributed by atoms with E-state index >= 15 is 0 Å². The fraction of sp³-hybridized carbons (Fsp3) is 0.450. The second-order valence-corrected chi connectivity index (χ2v) is 14.9. The first-order valence-corrected chi connectivity index (χ1v) is 15.1. The van der Waals surface area contributed by atoms with E-state index < -0.39 is 57.0 Å². The molecule has 1 aliphatic rings. The Morgan fingerprint density at radius 2 is 1.62 bits per heavy atom. The summed E-state index contributed by atoms with van der Waals surface area (Å²) >= 11 is 0. The van der Waals surface area contributed by atoms with E-state index in [1.807, 2.05) is 0 Å². The average molecular weight is 542 g/mol. The van der Waals surface area contributed by atoms with E-state index in [1.165, 1.54) is 25.1 Å². The molecule has 1 saturated heterocycles. The maximum Gasteiger partial charge on any atom is 0.417 e. The molecule has 0 amide bonds. The molecule has 1 fully saturated rings. The van der Waals surface area contributed by atoms with Crippen LogP contribution in [-0.4, -0.2) is 54.1 Å². The number of alkyl halides is 3. The molecule has 188 valence electrons. The summed E-state index contributed by atoms with van der Waals surface area (Å²) in [6, 6.07) is 5.30. The summed E-state index contributed by atoms with van der Waals surface area (Å²) in [5.41, 5.74) is -1.58. The van der Waals surface area contributed by atoms with Gasteiger partial charge in [0, 0.05) is 25.3 Å². The zero-order valence-corrected chi connectivity index (χ0v) is 20.8. The van der Waals surface area contributed by atoms with Gasteiger partial charge in [0.05, 0.1) is 30.7 Å². The predicted octanol–water partition coefficient (Wildman–Crippen LogP) is 2.99. The first-order chi connectivity index (χ1) is 15.4. The SMILES string of the molecule is CC1(S(=O)(=O)c2cccc(S(C)(=O)=O)c2)CCOC(c2ncc(C(F)(F)F)cc2S(C)(=O)=O)C1. The van der Waals surface area contributed by atoms with Crippen LogP contribution in [0.25, 0.3) is 0 Å². The molecule has 0 N–H and O–H groups in total. The van der Waals surface area contributed by atoms with E-state index in [2.05, 4.69) is 4.98 Å². The summed E-state index contributed by atoms with van der Waals surface area (Å²) in [6.07, 6.45) is -4.23. The number of sulfone groups is 3.